The number of halogens is 2. The molecule has 0 aliphatic heterocycles. The molecule has 18 heavy (non-hydrogen) atoms. The molecule has 0 bridgehead atoms. The van der Waals surface area contributed by atoms with E-state index in [1.807, 2.05) is 6.92 Å². The third-order valence-electron chi connectivity index (χ3n) is 4.26. The first kappa shape index (κ1) is 13.5. The summed E-state index contributed by atoms with van der Waals surface area (Å²) in [5.41, 5.74) is -0.971. The van der Waals surface area contributed by atoms with Gasteiger partial charge in [-0.05, 0) is 36.8 Å². The van der Waals surface area contributed by atoms with Gasteiger partial charge < -0.3 is 5.11 Å². The van der Waals surface area contributed by atoms with Crippen molar-refractivity contribution in [1.29, 1.82) is 0 Å². The molecule has 0 amide bonds. The van der Waals surface area contributed by atoms with Gasteiger partial charge in [-0.25, -0.2) is 8.78 Å². The van der Waals surface area contributed by atoms with Crippen molar-refractivity contribution in [1.82, 2.24) is 0 Å². The van der Waals surface area contributed by atoms with Crippen molar-refractivity contribution in [3.63, 3.8) is 0 Å². The van der Waals surface area contributed by atoms with Gasteiger partial charge in [0.05, 0.1) is 5.60 Å². The maximum absolute atomic E-state index is 13.6. The molecule has 0 spiro atoms. The Morgan fingerprint density at radius 1 is 1.22 bits per heavy atom. The summed E-state index contributed by atoms with van der Waals surface area (Å²) >= 11 is 0. The molecule has 1 saturated carbocycles. The molecule has 0 heterocycles. The van der Waals surface area contributed by atoms with Crippen LogP contribution in [0.1, 0.15) is 38.7 Å². The summed E-state index contributed by atoms with van der Waals surface area (Å²) in [5, 5.41) is 10.7. The first-order valence-electron chi connectivity index (χ1n) is 6.57. The smallest absolute Gasteiger partial charge is 0.129 e. The Bertz CT molecular complexity index is 412. The second-order valence-corrected chi connectivity index (χ2v) is 5.77. The van der Waals surface area contributed by atoms with Crippen LogP contribution in [0.15, 0.2) is 18.2 Å². The van der Waals surface area contributed by atoms with Crippen LogP contribution in [0.25, 0.3) is 0 Å². The summed E-state index contributed by atoms with van der Waals surface area (Å²) in [6.07, 6.45) is 2.66. The van der Waals surface area contributed by atoms with Gasteiger partial charge in [-0.3, -0.25) is 0 Å². The van der Waals surface area contributed by atoms with Crippen molar-refractivity contribution in [3.8, 4) is 0 Å². The molecule has 3 atom stereocenters. The topological polar surface area (TPSA) is 20.2 Å². The zero-order chi connectivity index (χ0) is 13.3. The minimum absolute atomic E-state index is 0.0148. The fourth-order valence-corrected chi connectivity index (χ4v) is 2.96. The zero-order valence-corrected chi connectivity index (χ0v) is 10.9. The van der Waals surface area contributed by atoms with Crippen molar-refractivity contribution in [2.24, 2.45) is 11.8 Å². The van der Waals surface area contributed by atoms with Crippen LogP contribution in [-0.2, 0) is 6.42 Å². The van der Waals surface area contributed by atoms with Gasteiger partial charge in [-0.2, -0.15) is 0 Å². The lowest BCUT2D eigenvalue weighted by Gasteiger charge is -2.41. The first-order valence-corrected chi connectivity index (χ1v) is 6.57. The van der Waals surface area contributed by atoms with Crippen LogP contribution in [0.3, 0.4) is 0 Å². The van der Waals surface area contributed by atoms with Gasteiger partial charge >= 0.3 is 0 Å². The van der Waals surface area contributed by atoms with E-state index in [1.54, 1.807) is 0 Å². The number of hydrogen-bond donors (Lipinski definition) is 1. The number of benzene rings is 1. The zero-order valence-electron chi connectivity index (χ0n) is 10.9. The Morgan fingerprint density at radius 2 is 1.83 bits per heavy atom. The summed E-state index contributed by atoms with van der Waals surface area (Å²) in [4.78, 5) is 0. The minimum atomic E-state index is -0.985. The van der Waals surface area contributed by atoms with Crippen LogP contribution >= 0.6 is 0 Å². The lowest BCUT2D eigenvalue weighted by atomic mass is 9.69. The molecule has 0 radical (unpaired) electrons. The van der Waals surface area contributed by atoms with Crippen molar-refractivity contribution in [3.05, 3.63) is 35.4 Å². The molecule has 1 nitrogen and oxygen atoms in total. The van der Waals surface area contributed by atoms with Crippen LogP contribution < -0.4 is 0 Å². The standard InChI is InChI=1S/C15H20F2O/c1-10-6-7-11(2)15(18,8-10)9-12-13(16)4-3-5-14(12)17/h3-5,10-11,18H,6-9H2,1-2H3. The molecule has 0 aromatic heterocycles. The van der Waals surface area contributed by atoms with Gasteiger partial charge in [0.15, 0.2) is 0 Å². The second kappa shape index (κ2) is 4.96. The van der Waals surface area contributed by atoms with Crippen molar-refractivity contribution in [2.45, 2.75) is 45.1 Å². The molecular formula is C15H20F2O. The van der Waals surface area contributed by atoms with E-state index in [9.17, 15) is 13.9 Å². The SMILES string of the molecule is CC1CCC(C)C(O)(Cc2c(F)cccc2F)C1. The molecule has 2 rings (SSSR count). The Labute approximate surface area is 107 Å². The number of rotatable bonds is 2. The molecule has 1 fully saturated rings. The van der Waals surface area contributed by atoms with Gasteiger partial charge in [0, 0.05) is 12.0 Å². The van der Waals surface area contributed by atoms with Crippen LogP contribution in [0.4, 0.5) is 8.78 Å². The molecule has 1 aromatic carbocycles. The van der Waals surface area contributed by atoms with Crippen LogP contribution in [0.5, 0.6) is 0 Å². The average Bonchev–Trinajstić information content (AvgIpc) is 2.30. The normalized spacial score (nSPS) is 32.5. The van der Waals surface area contributed by atoms with Gasteiger partial charge in [-0.15, -0.1) is 0 Å². The van der Waals surface area contributed by atoms with Crippen LogP contribution in [0, 0.1) is 23.5 Å². The Kier molecular flexibility index (Phi) is 3.71. The highest BCUT2D eigenvalue weighted by Gasteiger charge is 2.39. The molecule has 1 aliphatic carbocycles. The lowest BCUT2D eigenvalue weighted by Crippen LogP contribution is -2.44. The van der Waals surface area contributed by atoms with Crippen molar-refractivity contribution in [2.75, 3.05) is 0 Å². The Balaban J connectivity index is 2.26. The number of hydrogen-bond acceptors (Lipinski definition) is 1. The maximum Gasteiger partial charge on any atom is 0.129 e. The lowest BCUT2D eigenvalue weighted by molar-refractivity contribution is -0.0570. The monoisotopic (exact) mass is 254 g/mol. The molecule has 1 N–H and O–H groups in total. The van der Waals surface area contributed by atoms with E-state index in [2.05, 4.69) is 6.92 Å². The third-order valence-corrected chi connectivity index (χ3v) is 4.26. The van der Waals surface area contributed by atoms with Crippen molar-refractivity contribution < 1.29 is 13.9 Å². The molecule has 3 heteroatoms. The van der Waals surface area contributed by atoms with E-state index in [0.717, 1.165) is 12.8 Å². The molecule has 3 unspecified atom stereocenters. The summed E-state index contributed by atoms with van der Waals surface area (Å²) < 4.78 is 27.3. The Hall–Kier alpha value is -0.960. The summed E-state index contributed by atoms with van der Waals surface area (Å²) in [6, 6.07) is 3.85. The van der Waals surface area contributed by atoms with Gasteiger partial charge in [0.1, 0.15) is 11.6 Å². The predicted octanol–water partition coefficient (Wildman–Crippen LogP) is 3.69. The fraction of sp³-hybridized carbons (Fsp3) is 0.600. The van der Waals surface area contributed by atoms with Gasteiger partial charge in [-0.1, -0.05) is 26.3 Å². The molecule has 100 valence electrons. The van der Waals surface area contributed by atoms with E-state index in [0.29, 0.717) is 12.3 Å². The molecular weight excluding hydrogens is 234 g/mol. The van der Waals surface area contributed by atoms with E-state index in [-0.39, 0.29) is 17.9 Å². The van der Waals surface area contributed by atoms with E-state index in [1.165, 1.54) is 18.2 Å². The average molecular weight is 254 g/mol. The quantitative estimate of drug-likeness (QED) is 0.853. The van der Waals surface area contributed by atoms with E-state index in [4.69, 9.17) is 0 Å². The summed E-state index contributed by atoms with van der Waals surface area (Å²) in [6.45, 7) is 4.04. The highest BCUT2D eigenvalue weighted by Crippen LogP contribution is 2.39. The number of aliphatic hydroxyl groups is 1. The van der Waals surface area contributed by atoms with Gasteiger partial charge in [0.25, 0.3) is 0 Å². The third kappa shape index (κ3) is 2.56. The summed E-state index contributed by atoms with van der Waals surface area (Å²) in [7, 11) is 0. The van der Waals surface area contributed by atoms with Crippen LogP contribution in [0.2, 0.25) is 0 Å². The minimum Gasteiger partial charge on any atom is -0.389 e. The highest BCUT2D eigenvalue weighted by molar-refractivity contribution is 5.22. The summed E-state index contributed by atoms with van der Waals surface area (Å²) in [5.74, 6) is -0.642. The second-order valence-electron chi connectivity index (χ2n) is 5.77. The fourth-order valence-electron chi connectivity index (χ4n) is 2.96. The predicted molar refractivity (Wildman–Crippen MR) is 67.2 cm³/mol. The molecule has 1 aliphatic rings. The maximum atomic E-state index is 13.6. The van der Waals surface area contributed by atoms with Crippen LogP contribution in [-0.4, -0.2) is 10.7 Å². The van der Waals surface area contributed by atoms with E-state index >= 15 is 0 Å². The van der Waals surface area contributed by atoms with E-state index < -0.39 is 17.2 Å². The van der Waals surface area contributed by atoms with Crippen molar-refractivity contribution >= 4 is 0 Å². The van der Waals surface area contributed by atoms with Gasteiger partial charge in [0.2, 0.25) is 0 Å². The highest BCUT2D eigenvalue weighted by atomic mass is 19.1. The molecule has 0 saturated heterocycles. The first-order chi connectivity index (χ1) is 8.42. The molecule has 1 aromatic rings. The largest absolute Gasteiger partial charge is 0.389 e. The Morgan fingerprint density at radius 3 is 2.44 bits per heavy atom.